The van der Waals surface area contributed by atoms with Crippen molar-refractivity contribution in [2.75, 3.05) is 18.0 Å². The maximum Gasteiger partial charge on any atom is 0.375 e. The van der Waals surface area contributed by atoms with Crippen LogP contribution in [-0.2, 0) is 20.1 Å². The molecule has 3 saturated carbocycles. The smallest absolute Gasteiger partial charge is 0.375 e. The number of fused-ring (bicyclic) bond motifs is 5. The second-order valence-corrected chi connectivity index (χ2v) is 15.0. The largest absolute Gasteiger partial charge is 0.457 e. The number of aliphatic hydroxyl groups is 1. The van der Waals surface area contributed by atoms with E-state index in [9.17, 15) is 19.5 Å². The lowest BCUT2D eigenvalue weighted by atomic mass is 9.45. The molecule has 0 aromatic carbocycles. The normalized spacial score (nSPS) is 36.3. The molecular weight excluding hydrogens is 576 g/mol. The number of rotatable bonds is 6. The number of hydrogen-bond donors (Lipinski definition) is 1. The van der Waals surface area contributed by atoms with Crippen molar-refractivity contribution in [1.29, 1.82) is 0 Å². The number of allylic oxidation sites excluding steroid dienone is 1. The molecule has 1 saturated heterocycles. The van der Waals surface area contributed by atoms with Crippen molar-refractivity contribution in [2.45, 2.75) is 89.1 Å². The van der Waals surface area contributed by atoms with Gasteiger partial charge in [0.1, 0.15) is 5.82 Å². The summed E-state index contributed by atoms with van der Waals surface area (Å²) in [5.41, 5.74) is -0.424. The van der Waals surface area contributed by atoms with Crippen molar-refractivity contribution < 1.29 is 28.6 Å². The fourth-order valence-corrected chi connectivity index (χ4v) is 10.8. The highest BCUT2D eigenvalue weighted by molar-refractivity contribution is 8.13. The highest BCUT2D eigenvalue weighted by atomic mass is 32.2. The van der Waals surface area contributed by atoms with Gasteiger partial charge in [-0.3, -0.25) is 9.59 Å². The average Bonchev–Trinajstić information content (AvgIpc) is 3.78. The minimum Gasteiger partial charge on any atom is -0.457 e. The van der Waals surface area contributed by atoms with Crippen LogP contribution in [0.2, 0.25) is 0 Å². The Morgan fingerprint density at radius 1 is 1.11 bits per heavy atom. The van der Waals surface area contributed by atoms with Gasteiger partial charge in [-0.1, -0.05) is 37.2 Å². The zero-order valence-corrected chi connectivity index (χ0v) is 26.4. The van der Waals surface area contributed by atoms with E-state index >= 15 is 0 Å². The molecule has 44 heavy (non-hydrogen) atoms. The number of carbonyl (C=O) groups excluding carboxylic acids is 3. The topological polar surface area (TPSA) is 110 Å². The molecule has 0 spiro atoms. The van der Waals surface area contributed by atoms with Crippen molar-refractivity contribution in [3.63, 3.8) is 0 Å². The van der Waals surface area contributed by atoms with E-state index in [0.29, 0.717) is 25.0 Å². The second kappa shape index (κ2) is 11.2. The zero-order valence-electron chi connectivity index (χ0n) is 25.6. The summed E-state index contributed by atoms with van der Waals surface area (Å²) < 4.78 is 11.7. The maximum absolute atomic E-state index is 14.5. The molecule has 7 rings (SSSR count). The van der Waals surface area contributed by atoms with Crippen molar-refractivity contribution in [1.82, 2.24) is 4.98 Å². The molecule has 234 valence electrons. The second-order valence-electron chi connectivity index (χ2n) is 14.1. The Kier molecular flexibility index (Phi) is 7.55. The summed E-state index contributed by atoms with van der Waals surface area (Å²) in [6.45, 7) is 6.26. The van der Waals surface area contributed by atoms with E-state index in [4.69, 9.17) is 14.1 Å². The van der Waals surface area contributed by atoms with Gasteiger partial charge >= 0.3 is 5.97 Å². The van der Waals surface area contributed by atoms with Gasteiger partial charge in [0.05, 0.1) is 18.1 Å². The molecule has 1 N–H and O–H groups in total. The van der Waals surface area contributed by atoms with Crippen LogP contribution >= 0.6 is 11.8 Å². The number of pyridine rings is 1. The van der Waals surface area contributed by atoms with Crippen LogP contribution in [0.1, 0.15) is 87.9 Å². The van der Waals surface area contributed by atoms with Crippen molar-refractivity contribution in [2.24, 2.45) is 28.6 Å². The number of furan rings is 1. The zero-order chi connectivity index (χ0) is 30.7. The van der Waals surface area contributed by atoms with Crippen molar-refractivity contribution in [3.05, 3.63) is 59.7 Å². The summed E-state index contributed by atoms with van der Waals surface area (Å²) in [7, 11) is 0. The van der Waals surface area contributed by atoms with Crippen LogP contribution in [0, 0.1) is 28.6 Å². The first-order valence-corrected chi connectivity index (χ1v) is 17.2. The molecule has 0 bridgehead atoms. The molecule has 5 aliphatic rings. The molecule has 9 heteroatoms. The Morgan fingerprint density at radius 3 is 2.70 bits per heavy atom. The highest BCUT2D eigenvalue weighted by Crippen LogP contribution is 2.69. The number of carbonyl (C=O) groups is 3. The van der Waals surface area contributed by atoms with E-state index in [1.54, 1.807) is 12.1 Å². The lowest BCUT2D eigenvalue weighted by molar-refractivity contribution is -0.176. The number of nitrogens with zero attached hydrogens (tertiary/aromatic N) is 2. The Labute approximate surface area is 263 Å². The van der Waals surface area contributed by atoms with Crippen LogP contribution < -0.4 is 4.90 Å². The molecule has 4 fully saturated rings. The summed E-state index contributed by atoms with van der Waals surface area (Å²) in [4.78, 5) is 47.5. The first-order valence-electron chi connectivity index (χ1n) is 16.2. The van der Waals surface area contributed by atoms with E-state index < -0.39 is 23.1 Å². The summed E-state index contributed by atoms with van der Waals surface area (Å²) >= 11 is 1.16. The van der Waals surface area contributed by atoms with Gasteiger partial charge in [0.15, 0.2) is 11.4 Å². The number of aliphatic hydroxyl groups excluding tert-OH is 1. The highest BCUT2D eigenvalue weighted by Gasteiger charge is 2.70. The predicted octanol–water partition coefficient (Wildman–Crippen LogP) is 6.13. The summed E-state index contributed by atoms with van der Waals surface area (Å²) in [5, 5.41) is 11.8. The number of aromatic nitrogens is 1. The van der Waals surface area contributed by atoms with Crippen LogP contribution in [0.5, 0.6) is 0 Å². The minimum atomic E-state index is -1.41. The first-order chi connectivity index (χ1) is 21.1. The summed E-state index contributed by atoms with van der Waals surface area (Å²) in [6, 6.07) is 9.14. The lowest BCUT2D eigenvalue weighted by Gasteiger charge is -2.60. The fourth-order valence-electron chi connectivity index (χ4n) is 9.75. The third-order valence-electron chi connectivity index (χ3n) is 11.9. The van der Waals surface area contributed by atoms with Gasteiger partial charge in [0.2, 0.25) is 10.9 Å². The third kappa shape index (κ3) is 4.68. The fraction of sp³-hybridized carbons (Fsp3) is 0.600. The van der Waals surface area contributed by atoms with Crippen molar-refractivity contribution in [3.8, 4) is 0 Å². The summed E-state index contributed by atoms with van der Waals surface area (Å²) in [6.07, 6.45) is 9.32. The van der Waals surface area contributed by atoms with Crippen LogP contribution in [0.25, 0.3) is 0 Å². The van der Waals surface area contributed by atoms with E-state index in [1.165, 1.54) is 11.8 Å². The van der Waals surface area contributed by atoms with Crippen LogP contribution in [-0.4, -0.2) is 51.8 Å². The molecule has 7 atom stereocenters. The Morgan fingerprint density at radius 2 is 1.93 bits per heavy atom. The van der Waals surface area contributed by atoms with Crippen molar-refractivity contribution >= 4 is 34.4 Å². The number of esters is 1. The van der Waals surface area contributed by atoms with Gasteiger partial charge in [-0.25, -0.2) is 9.78 Å². The molecule has 8 nitrogen and oxygen atoms in total. The van der Waals surface area contributed by atoms with Gasteiger partial charge in [0, 0.05) is 30.7 Å². The van der Waals surface area contributed by atoms with Crippen LogP contribution in [0.4, 0.5) is 5.82 Å². The van der Waals surface area contributed by atoms with E-state index in [-0.39, 0.29) is 39.8 Å². The van der Waals surface area contributed by atoms with Gasteiger partial charge in [-0.05, 0) is 105 Å². The number of ether oxygens (including phenoxy) is 1. The molecule has 5 unspecified atom stereocenters. The van der Waals surface area contributed by atoms with Gasteiger partial charge < -0.3 is 19.2 Å². The van der Waals surface area contributed by atoms with E-state index in [0.717, 1.165) is 74.9 Å². The molecule has 0 amide bonds. The minimum absolute atomic E-state index is 0.00512. The number of ketones is 1. The number of thioether (sulfide) groups is 1. The van der Waals surface area contributed by atoms with E-state index in [1.807, 2.05) is 24.3 Å². The SMILES string of the molecule is CC12CCC(=O)C=C1CCC1C2[C@@H](O)CC2(C)C1CC[C@]2(OC(=O)c1ccco1)C(=O)SCc1cccc(N2CCCC2)n1. The Hall–Kier alpha value is -2.91. The monoisotopic (exact) mass is 618 g/mol. The Bertz CT molecular complexity index is 1480. The first kappa shape index (κ1) is 29.8. The molecule has 0 radical (unpaired) electrons. The van der Waals surface area contributed by atoms with Crippen LogP contribution in [0.3, 0.4) is 0 Å². The maximum atomic E-state index is 14.5. The third-order valence-corrected chi connectivity index (χ3v) is 12.9. The number of anilines is 1. The standard InChI is InChI=1S/C35H42N2O6S/c1-33-14-12-24(38)19-22(33)10-11-25-26-13-15-35(34(26,2)20-27(39)30(25)33,43-31(40)28-8-6-18-42-28)32(41)44-21-23-7-5-9-29(36-23)37-16-3-4-17-37/h5-9,18-19,25-27,30,39H,3-4,10-17,20-21H2,1-2H3/t25?,26?,27-,30?,33?,34?,35-/m0/s1. The Balaban J connectivity index is 1.19. The molecule has 2 aromatic heterocycles. The molecule has 3 heterocycles. The lowest BCUT2D eigenvalue weighted by Crippen LogP contribution is -2.62. The molecule has 4 aliphatic carbocycles. The van der Waals surface area contributed by atoms with Gasteiger partial charge in [-0.15, -0.1) is 0 Å². The van der Waals surface area contributed by atoms with Crippen LogP contribution in [0.15, 0.2) is 52.7 Å². The van der Waals surface area contributed by atoms with E-state index in [2.05, 4.69) is 18.7 Å². The average molecular weight is 619 g/mol. The molecular formula is C35H42N2O6S. The number of hydrogen-bond acceptors (Lipinski definition) is 9. The van der Waals surface area contributed by atoms with Gasteiger partial charge in [0.25, 0.3) is 0 Å². The summed E-state index contributed by atoms with van der Waals surface area (Å²) in [5.74, 6) is 1.17. The van der Waals surface area contributed by atoms with Gasteiger partial charge in [-0.2, -0.15) is 0 Å². The predicted molar refractivity (Wildman–Crippen MR) is 167 cm³/mol. The molecule has 1 aliphatic heterocycles. The molecule has 2 aromatic rings. The quantitative estimate of drug-likeness (QED) is 0.382.